The van der Waals surface area contributed by atoms with Crippen molar-refractivity contribution in [2.45, 2.75) is 25.3 Å². The fraction of sp³-hybridized carbons (Fsp3) is 0.200. The molecule has 0 saturated carbocycles. The van der Waals surface area contributed by atoms with Gasteiger partial charge in [0.25, 0.3) is 0 Å². The fourth-order valence-corrected chi connectivity index (χ4v) is 4.31. The number of benzene rings is 2. The van der Waals surface area contributed by atoms with E-state index in [9.17, 15) is 9.59 Å². The van der Waals surface area contributed by atoms with Crippen molar-refractivity contribution in [3.63, 3.8) is 0 Å². The van der Waals surface area contributed by atoms with Crippen molar-refractivity contribution >= 4 is 28.3 Å². The summed E-state index contributed by atoms with van der Waals surface area (Å²) in [6, 6.07) is 13.7. The monoisotopic (exact) mass is 316 g/mol. The van der Waals surface area contributed by atoms with Gasteiger partial charge in [-0.25, -0.2) is 0 Å². The number of para-hydroxylation sites is 1. The third kappa shape index (κ3) is 1.44. The van der Waals surface area contributed by atoms with Gasteiger partial charge in [-0.3, -0.25) is 14.5 Å². The van der Waals surface area contributed by atoms with Gasteiger partial charge in [-0.1, -0.05) is 24.3 Å². The van der Waals surface area contributed by atoms with Gasteiger partial charge in [-0.2, -0.15) is 0 Å². The summed E-state index contributed by atoms with van der Waals surface area (Å²) >= 11 is 0. The molecule has 1 fully saturated rings. The molecule has 2 aromatic carbocycles. The van der Waals surface area contributed by atoms with E-state index in [4.69, 9.17) is 0 Å². The van der Waals surface area contributed by atoms with E-state index in [1.807, 2.05) is 55.6 Å². The summed E-state index contributed by atoms with van der Waals surface area (Å²) < 4.78 is 0. The number of H-pyrrole nitrogens is 1. The molecule has 0 radical (unpaired) electrons. The Morgan fingerprint density at radius 2 is 1.96 bits per heavy atom. The van der Waals surface area contributed by atoms with Gasteiger partial charge in [0.15, 0.2) is 5.78 Å². The van der Waals surface area contributed by atoms with Crippen LogP contribution in [0.15, 0.2) is 48.7 Å². The predicted molar refractivity (Wildman–Crippen MR) is 92.2 cm³/mol. The lowest BCUT2D eigenvalue weighted by Gasteiger charge is -2.30. The minimum Gasteiger partial charge on any atom is -0.361 e. The minimum absolute atomic E-state index is 0.0259. The maximum atomic E-state index is 13.4. The summed E-state index contributed by atoms with van der Waals surface area (Å²) in [6.45, 7) is 1.98. The average molecular weight is 316 g/mol. The normalized spacial score (nSPS) is 22.3. The molecular weight excluding hydrogens is 300 g/mol. The molecule has 4 heteroatoms. The molecule has 5 rings (SSSR count). The molecule has 1 unspecified atom stereocenters. The van der Waals surface area contributed by atoms with E-state index in [1.165, 1.54) is 0 Å². The molecule has 1 saturated heterocycles. The van der Waals surface area contributed by atoms with E-state index in [-0.39, 0.29) is 11.7 Å². The Morgan fingerprint density at radius 1 is 1.12 bits per heavy atom. The molecule has 118 valence electrons. The largest absolute Gasteiger partial charge is 0.361 e. The van der Waals surface area contributed by atoms with Crippen LogP contribution in [0.25, 0.3) is 10.9 Å². The van der Waals surface area contributed by atoms with Gasteiger partial charge in [0.2, 0.25) is 5.91 Å². The molecule has 1 aromatic heterocycles. The third-order valence-electron chi connectivity index (χ3n) is 5.38. The van der Waals surface area contributed by atoms with Crippen molar-refractivity contribution in [1.29, 1.82) is 0 Å². The van der Waals surface area contributed by atoms with E-state index in [0.29, 0.717) is 18.4 Å². The number of aromatic amines is 1. The van der Waals surface area contributed by atoms with Crippen LogP contribution in [0.4, 0.5) is 5.69 Å². The van der Waals surface area contributed by atoms with Crippen LogP contribution in [-0.4, -0.2) is 16.7 Å². The first-order valence-corrected chi connectivity index (χ1v) is 8.18. The number of nitrogens with zero attached hydrogens (tertiary/aromatic N) is 1. The third-order valence-corrected chi connectivity index (χ3v) is 5.38. The lowest BCUT2D eigenvalue weighted by molar-refractivity contribution is -0.117. The average Bonchev–Trinajstić information content (AvgIpc) is 3.21. The Bertz CT molecular complexity index is 1030. The predicted octanol–water partition coefficient (Wildman–Crippen LogP) is 3.69. The Morgan fingerprint density at radius 3 is 2.83 bits per heavy atom. The summed E-state index contributed by atoms with van der Waals surface area (Å²) in [5.74, 6) is 0.0612. The highest BCUT2D eigenvalue weighted by Gasteiger charge is 2.59. The first kappa shape index (κ1) is 13.5. The number of hydrogen-bond acceptors (Lipinski definition) is 2. The molecule has 0 bridgehead atoms. The van der Waals surface area contributed by atoms with E-state index >= 15 is 0 Å². The molecule has 3 heterocycles. The van der Waals surface area contributed by atoms with Crippen molar-refractivity contribution in [2.75, 3.05) is 4.90 Å². The number of fused-ring (bicyclic) bond motifs is 4. The van der Waals surface area contributed by atoms with Crippen LogP contribution >= 0.6 is 0 Å². The Balaban J connectivity index is 1.84. The highest BCUT2D eigenvalue weighted by molar-refractivity contribution is 6.23. The van der Waals surface area contributed by atoms with Crippen LogP contribution in [0.1, 0.15) is 34.3 Å². The Kier molecular flexibility index (Phi) is 2.46. The number of anilines is 1. The van der Waals surface area contributed by atoms with E-state index in [0.717, 1.165) is 27.7 Å². The topological polar surface area (TPSA) is 53.2 Å². The van der Waals surface area contributed by atoms with Crippen LogP contribution in [-0.2, 0) is 10.3 Å². The van der Waals surface area contributed by atoms with Crippen molar-refractivity contribution in [2.24, 2.45) is 0 Å². The zero-order valence-electron chi connectivity index (χ0n) is 13.3. The first-order chi connectivity index (χ1) is 11.6. The number of carbonyl (C=O) groups excluding carboxylic acids is 2. The number of ketones is 1. The standard InChI is InChI=1S/C20H16N2O2/c1-12-6-7-14-17(10-12)22-18(23)8-9-20(22,19(14)24)15-11-21-16-5-3-2-4-13(15)16/h2-7,10-11,21H,8-9H2,1H3. The maximum Gasteiger partial charge on any atom is 0.228 e. The summed E-state index contributed by atoms with van der Waals surface area (Å²) in [5, 5.41) is 1.01. The van der Waals surface area contributed by atoms with Gasteiger partial charge in [-0.15, -0.1) is 0 Å². The zero-order valence-corrected chi connectivity index (χ0v) is 13.3. The van der Waals surface area contributed by atoms with Crippen molar-refractivity contribution in [3.8, 4) is 0 Å². The van der Waals surface area contributed by atoms with Gasteiger partial charge in [0.05, 0.1) is 5.69 Å². The number of aryl methyl sites for hydroxylation is 1. The maximum absolute atomic E-state index is 13.4. The second-order valence-corrected chi connectivity index (χ2v) is 6.69. The molecule has 2 aliphatic heterocycles. The summed E-state index contributed by atoms with van der Waals surface area (Å²) in [4.78, 5) is 31.1. The van der Waals surface area contributed by atoms with Gasteiger partial charge in [0, 0.05) is 34.6 Å². The molecule has 1 N–H and O–H groups in total. The Labute approximate surface area is 139 Å². The molecule has 3 aromatic rings. The first-order valence-electron chi connectivity index (χ1n) is 8.18. The van der Waals surface area contributed by atoms with E-state index in [2.05, 4.69) is 4.98 Å². The van der Waals surface area contributed by atoms with Gasteiger partial charge in [-0.05, 0) is 37.1 Å². The van der Waals surface area contributed by atoms with E-state index < -0.39 is 5.54 Å². The highest BCUT2D eigenvalue weighted by atomic mass is 16.2. The number of aromatic nitrogens is 1. The number of carbonyl (C=O) groups is 2. The second-order valence-electron chi connectivity index (χ2n) is 6.69. The molecular formula is C20H16N2O2. The SMILES string of the molecule is Cc1ccc2c(c1)N1C(=O)CCC1(c1c[nH]c3ccccc13)C2=O. The number of amides is 1. The summed E-state index contributed by atoms with van der Waals surface area (Å²) in [6.07, 6.45) is 2.83. The Hall–Kier alpha value is -2.88. The zero-order chi connectivity index (χ0) is 16.5. The van der Waals surface area contributed by atoms with Crippen LogP contribution in [0.5, 0.6) is 0 Å². The lowest BCUT2D eigenvalue weighted by atomic mass is 9.83. The van der Waals surface area contributed by atoms with Gasteiger partial charge >= 0.3 is 0 Å². The fourth-order valence-electron chi connectivity index (χ4n) is 4.31. The molecule has 1 atom stereocenters. The molecule has 0 spiro atoms. The molecule has 0 aliphatic carbocycles. The second kappa shape index (κ2) is 4.35. The highest BCUT2D eigenvalue weighted by Crippen LogP contribution is 2.53. The van der Waals surface area contributed by atoms with E-state index in [1.54, 1.807) is 4.90 Å². The quantitative estimate of drug-likeness (QED) is 0.744. The summed E-state index contributed by atoms with van der Waals surface area (Å²) in [5.41, 5.74) is 3.46. The molecule has 1 amide bonds. The summed E-state index contributed by atoms with van der Waals surface area (Å²) in [7, 11) is 0. The van der Waals surface area contributed by atoms with Gasteiger partial charge < -0.3 is 4.98 Å². The van der Waals surface area contributed by atoms with Crippen molar-refractivity contribution < 1.29 is 9.59 Å². The molecule has 2 aliphatic rings. The van der Waals surface area contributed by atoms with Crippen molar-refractivity contribution in [1.82, 2.24) is 4.98 Å². The lowest BCUT2D eigenvalue weighted by Crippen LogP contribution is -2.44. The number of Topliss-reactive ketones (excluding diaryl/α,β-unsaturated/α-hetero) is 1. The number of rotatable bonds is 1. The smallest absolute Gasteiger partial charge is 0.228 e. The van der Waals surface area contributed by atoms with Crippen LogP contribution < -0.4 is 4.90 Å². The molecule has 4 nitrogen and oxygen atoms in total. The van der Waals surface area contributed by atoms with Crippen LogP contribution in [0.2, 0.25) is 0 Å². The van der Waals surface area contributed by atoms with Crippen LogP contribution in [0.3, 0.4) is 0 Å². The minimum atomic E-state index is -0.896. The number of hydrogen-bond donors (Lipinski definition) is 1. The molecule has 24 heavy (non-hydrogen) atoms. The van der Waals surface area contributed by atoms with Crippen molar-refractivity contribution in [3.05, 3.63) is 65.4 Å². The number of nitrogens with one attached hydrogen (secondary N) is 1. The van der Waals surface area contributed by atoms with Crippen LogP contribution in [0, 0.1) is 6.92 Å². The van der Waals surface area contributed by atoms with Gasteiger partial charge in [0.1, 0.15) is 5.54 Å².